The summed E-state index contributed by atoms with van der Waals surface area (Å²) in [7, 11) is 1.49. The minimum absolute atomic E-state index is 0.336. The minimum atomic E-state index is -0.956. The van der Waals surface area contributed by atoms with Gasteiger partial charge >= 0.3 is 5.97 Å². The molecule has 0 fully saturated rings. The molecule has 3 aromatic rings. The lowest BCUT2D eigenvalue weighted by atomic mass is 10.2. The van der Waals surface area contributed by atoms with Crippen LogP contribution in [0, 0.1) is 0 Å². The average molecular weight is 370 g/mol. The van der Waals surface area contributed by atoms with Crippen LogP contribution < -0.4 is 9.54 Å². The lowest BCUT2D eigenvalue weighted by molar-refractivity contribution is -0.140. The Hall–Kier alpha value is -2.93. The number of aromatic nitrogens is 1. The van der Waals surface area contributed by atoms with Crippen molar-refractivity contribution < 1.29 is 19.4 Å². The number of thiazole rings is 1. The molecule has 7 heteroatoms. The summed E-state index contributed by atoms with van der Waals surface area (Å²) in [5, 5.41) is 9.60. The van der Waals surface area contributed by atoms with Gasteiger partial charge in [0.25, 0.3) is 5.91 Å². The summed E-state index contributed by atoms with van der Waals surface area (Å²) in [6, 6.07) is 13.5. The summed E-state index contributed by atoms with van der Waals surface area (Å²) in [5.74, 6) is -0.996. The van der Waals surface area contributed by atoms with Crippen LogP contribution in [0.5, 0.6) is 5.75 Å². The highest BCUT2D eigenvalue weighted by Crippen LogP contribution is 2.23. The standard InChI is InChI=1S/C19H18N2O4S/c1-3-13(18(23)24)21-14-9-5-7-11-16(14)26-19(21)20-17(22)12-8-4-6-10-15(12)25-2/h4-11,13H,3H2,1-2H3,(H,23,24)/b20-19-. The van der Waals surface area contributed by atoms with Crippen LogP contribution in [0.25, 0.3) is 10.2 Å². The van der Waals surface area contributed by atoms with Gasteiger partial charge in [0, 0.05) is 0 Å². The van der Waals surface area contributed by atoms with Crippen molar-refractivity contribution >= 4 is 33.4 Å². The third-order valence-corrected chi connectivity index (χ3v) is 5.09. The number of ether oxygens (including phenoxy) is 1. The van der Waals surface area contributed by atoms with Gasteiger partial charge in [-0.15, -0.1) is 0 Å². The molecule has 1 amide bonds. The van der Waals surface area contributed by atoms with Crippen LogP contribution in [0.2, 0.25) is 0 Å². The zero-order chi connectivity index (χ0) is 18.7. The summed E-state index contributed by atoms with van der Waals surface area (Å²) in [6.45, 7) is 1.80. The molecule has 1 heterocycles. The molecule has 1 aromatic heterocycles. The molecule has 1 N–H and O–H groups in total. The number of amides is 1. The van der Waals surface area contributed by atoms with Crippen LogP contribution >= 0.6 is 11.3 Å². The van der Waals surface area contributed by atoms with Gasteiger partial charge in [-0.2, -0.15) is 4.99 Å². The lowest BCUT2D eigenvalue weighted by Crippen LogP contribution is -2.27. The predicted octanol–water partition coefficient (Wildman–Crippen LogP) is 3.49. The third kappa shape index (κ3) is 3.25. The Bertz CT molecular complexity index is 1040. The van der Waals surface area contributed by atoms with Crippen LogP contribution in [-0.2, 0) is 4.79 Å². The van der Waals surface area contributed by atoms with Crippen molar-refractivity contribution in [3.05, 3.63) is 58.9 Å². The fourth-order valence-electron chi connectivity index (χ4n) is 2.81. The molecule has 0 saturated heterocycles. The number of carboxylic acids is 1. The summed E-state index contributed by atoms with van der Waals surface area (Å²) < 4.78 is 7.72. The molecule has 6 nitrogen and oxygen atoms in total. The van der Waals surface area contributed by atoms with Crippen LogP contribution in [0.15, 0.2) is 53.5 Å². The molecule has 134 valence electrons. The molecule has 3 rings (SSSR count). The van der Waals surface area contributed by atoms with Gasteiger partial charge < -0.3 is 14.4 Å². The van der Waals surface area contributed by atoms with Crippen LogP contribution in [-0.4, -0.2) is 28.7 Å². The third-order valence-electron chi connectivity index (χ3n) is 4.05. The molecule has 0 radical (unpaired) electrons. The molecule has 0 spiro atoms. The summed E-state index contributed by atoms with van der Waals surface area (Å²) >= 11 is 1.29. The first-order valence-electron chi connectivity index (χ1n) is 8.11. The van der Waals surface area contributed by atoms with Crippen LogP contribution in [0.3, 0.4) is 0 Å². The van der Waals surface area contributed by atoms with Crippen molar-refractivity contribution in [3.63, 3.8) is 0 Å². The second-order valence-electron chi connectivity index (χ2n) is 5.60. The number of nitrogens with zero attached hydrogens (tertiary/aromatic N) is 2. The Kier molecular flexibility index (Phi) is 5.18. The van der Waals surface area contributed by atoms with E-state index in [0.29, 0.717) is 22.5 Å². The van der Waals surface area contributed by atoms with Crippen molar-refractivity contribution in [1.29, 1.82) is 0 Å². The number of methoxy groups -OCH3 is 1. The van der Waals surface area contributed by atoms with E-state index in [-0.39, 0.29) is 0 Å². The topological polar surface area (TPSA) is 80.9 Å². The Morgan fingerprint density at radius 1 is 1.19 bits per heavy atom. The molecule has 0 aliphatic heterocycles. The highest BCUT2D eigenvalue weighted by Gasteiger charge is 2.22. The monoisotopic (exact) mass is 370 g/mol. The summed E-state index contributed by atoms with van der Waals surface area (Å²) in [5.41, 5.74) is 1.08. The van der Waals surface area contributed by atoms with Gasteiger partial charge in [-0.05, 0) is 30.7 Å². The first-order chi connectivity index (χ1) is 12.6. The Labute approximate surface area is 154 Å². The van der Waals surface area contributed by atoms with Crippen molar-refractivity contribution in [2.75, 3.05) is 7.11 Å². The van der Waals surface area contributed by atoms with Gasteiger partial charge in [-0.3, -0.25) is 4.79 Å². The zero-order valence-corrected chi connectivity index (χ0v) is 15.2. The quantitative estimate of drug-likeness (QED) is 0.745. The van der Waals surface area contributed by atoms with Crippen LogP contribution in [0.1, 0.15) is 29.7 Å². The molecule has 0 bridgehead atoms. The molecular weight excluding hydrogens is 352 g/mol. The van der Waals surface area contributed by atoms with E-state index < -0.39 is 17.9 Å². The molecular formula is C19H18N2O4S. The van der Waals surface area contributed by atoms with Crippen molar-refractivity contribution in [2.24, 2.45) is 4.99 Å². The molecule has 0 aliphatic rings. The van der Waals surface area contributed by atoms with Gasteiger partial charge in [0.2, 0.25) is 0 Å². The maximum absolute atomic E-state index is 12.7. The van der Waals surface area contributed by atoms with E-state index in [4.69, 9.17) is 4.74 Å². The van der Waals surface area contributed by atoms with Crippen molar-refractivity contribution in [3.8, 4) is 5.75 Å². The number of fused-ring (bicyclic) bond motifs is 1. The first-order valence-corrected chi connectivity index (χ1v) is 8.93. The van der Waals surface area contributed by atoms with Crippen LogP contribution in [0.4, 0.5) is 0 Å². The number of carbonyl (C=O) groups is 2. The normalized spacial score (nSPS) is 12.9. The predicted molar refractivity (Wildman–Crippen MR) is 99.7 cm³/mol. The number of hydrogen-bond acceptors (Lipinski definition) is 4. The first kappa shape index (κ1) is 17.9. The number of hydrogen-bond donors (Lipinski definition) is 1. The number of carbonyl (C=O) groups excluding carboxylic acids is 1. The second-order valence-corrected chi connectivity index (χ2v) is 6.61. The largest absolute Gasteiger partial charge is 0.496 e. The van der Waals surface area contributed by atoms with Crippen molar-refractivity contribution in [2.45, 2.75) is 19.4 Å². The highest BCUT2D eigenvalue weighted by atomic mass is 32.1. The Morgan fingerprint density at radius 2 is 1.88 bits per heavy atom. The van der Waals surface area contributed by atoms with E-state index in [1.54, 1.807) is 35.8 Å². The number of para-hydroxylation sites is 2. The molecule has 1 atom stereocenters. The highest BCUT2D eigenvalue weighted by molar-refractivity contribution is 7.16. The van der Waals surface area contributed by atoms with E-state index in [1.165, 1.54) is 18.4 Å². The maximum Gasteiger partial charge on any atom is 0.326 e. The van der Waals surface area contributed by atoms with Gasteiger partial charge in [0.15, 0.2) is 4.80 Å². The maximum atomic E-state index is 12.7. The fraction of sp³-hybridized carbons (Fsp3) is 0.211. The molecule has 0 saturated carbocycles. The van der Waals surface area contributed by atoms with Gasteiger partial charge in [0.05, 0.1) is 22.9 Å². The fourth-order valence-corrected chi connectivity index (χ4v) is 3.87. The minimum Gasteiger partial charge on any atom is -0.496 e. The Balaban J connectivity index is 2.22. The molecule has 1 unspecified atom stereocenters. The number of carboxylic acid groups (broad SMARTS) is 1. The number of benzene rings is 2. The van der Waals surface area contributed by atoms with Gasteiger partial charge in [0.1, 0.15) is 11.8 Å². The molecule has 26 heavy (non-hydrogen) atoms. The number of aliphatic carboxylic acids is 1. The van der Waals surface area contributed by atoms with E-state index in [2.05, 4.69) is 4.99 Å². The molecule has 0 aliphatic carbocycles. The smallest absolute Gasteiger partial charge is 0.326 e. The van der Waals surface area contributed by atoms with Crippen molar-refractivity contribution in [1.82, 2.24) is 4.57 Å². The van der Waals surface area contributed by atoms with Gasteiger partial charge in [-0.1, -0.05) is 42.5 Å². The zero-order valence-electron chi connectivity index (χ0n) is 14.4. The lowest BCUT2D eigenvalue weighted by Gasteiger charge is -2.13. The van der Waals surface area contributed by atoms with E-state index in [1.807, 2.05) is 24.3 Å². The Morgan fingerprint density at radius 3 is 2.58 bits per heavy atom. The van der Waals surface area contributed by atoms with E-state index in [9.17, 15) is 14.7 Å². The number of rotatable bonds is 5. The SMILES string of the molecule is CCC(C(=O)O)n1/c(=N/C(=O)c2ccccc2OC)sc2ccccc21. The summed E-state index contributed by atoms with van der Waals surface area (Å²) in [4.78, 5) is 29.0. The van der Waals surface area contributed by atoms with Gasteiger partial charge in [-0.25, -0.2) is 4.79 Å². The molecule has 2 aromatic carbocycles. The van der Waals surface area contributed by atoms with E-state index in [0.717, 1.165) is 10.2 Å². The summed E-state index contributed by atoms with van der Waals surface area (Å²) in [6.07, 6.45) is 0.381. The van der Waals surface area contributed by atoms with E-state index >= 15 is 0 Å². The average Bonchev–Trinajstić information content (AvgIpc) is 3.00. The second kappa shape index (κ2) is 7.53.